The first-order chi connectivity index (χ1) is 13.5. The van der Waals surface area contributed by atoms with Crippen molar-refractivity contribution >= 4 is 24.4 Å². The Morgan fingerprint density at radius 2 is 1.71 bits per heavy atom. The van der Waals surface area contributed by atoms with E-state index in [1.54, 1.807) is 27.8 Å². The van der Waals surface area contributed by atoms with Crippen molar-refractivity contribution in [3.05, 3.63) is 58.9 Å². The Balaban J connectivity index is 1.55. The van der Waals surface area contributed by atoms with Gasteiger partial charge in [0.1, 0.15) is 0 Å². The van der Waals surface area contributed by atoms with E-state index in [0.29, 0.717) is 11.1 Å². The fourth-order valence-electron chi connectivity index (χ4n) is 3.10. The molecule has 0 aliphatic carbocycles. The Bertz CT molecular complexity index is 1010. The van der Waals surface area contributed by atoms with E-state index in [9.17, 15) is 25.2 Å². The van der Waals surface area contributed by atoms with Crippen LogP contribution in [-0.2, 0) is 4.74 Å². The molecule has 1 saturated heterocycles. The van der Waals surface area contributed by atoms with Gasteiger partial charge in [0.05, 0.1) is 0 Å². The van der Waals surface area contributed by atoms with Gasteiger partial charge in [-0.2, -0.15) is 0 Å². The second kappa shape index (κ2) is 7.81. The van der Waals surface area contributed by atoms with E-state index >= 15 is 0 Å². The summed E-state index contributed by atoms with van der Waals surface area (Å²) in [4.78, 5) is 12.6. The molecule has 1 aliphatic heterocycles. The van der Waals surface area contributed by atoms with E-state index in [-0.39, 0.29) is 20.3 Å². The molecule has 2 heterocycles. The summed E-state index contributed by atoms with van der Waals surface area (Å²) >= 11 is -0.146. The van der Waals surface area contributed by atoms with E-state index in [0.717, 1.165) is 9.95 Å². The standard InChI is InChI=1S/C19H19NO7Se/c21-9-13-15(22)16(23)17(24)19(27-13)26-11-7-5-10(6-8-11)20-18(25)12-3-1-2-4-14(12)28-20/h1-8,13,15-17,19,21-24H,9H2. The van der Waals surface area contributed by atoms with Gasteiger partial charge in [-0.05, 0) is 0 Å². The average molecular weight is 452 g/mol. The molecule has 5 atom stereocenters. The number of hydrogen-bond donors (Lipinski definition) is 4. The molecule has 28 heavy (non-hydrogen) atoms. The number of hydrogen-bond acceptors (Lipinski definition) is 7. The molecule has 0 amide bonds. The van der Waals surface area contributed by atoms with Crippen LogP contribution in [0, 0.1) is 0 Å². The molecule has 0 spiro atoms. The predicted molar refractivity (Wildman–Crippen MR) is 101 cm³/mol. The van der Waals surface area contributed by atoms with Crippen LogP contribution in [0.1, 0.15) is 0 Å². The van der Waals surface area contributed by atoms with Gasteiger partial charge in [-0.15, -0.1) is 0 Å². The van der Waals surface area contributed by atoms with Crippen LogP contribution >= 0.6 is 0 Å². The van der Waals surface area contributed by atoms with Gasteiger partial charge in [0.25, 0.3) is 0 Å². The van der Waals surface area contributed by atoms with Crippen molar-refractivity contribution in [3.8, 4) is 11.4 Å². The molecule has 0 saturated carbocycles. The summed E-state index contributed by atoms with van der Waals surface area (Å²) < 4.78 is 13.6. The van der Waals surface area contributed by atoms with Crippen molar-refractivity contribution in [2.24, 2.45) is 0 Å². The summed E-state index contributed by atoms with van der Waals surface area (Å²) in [6, 6.07) is 14.2. The molecule has 4 N–H and O–H groups in total. The molecular weight excluding hydrogens is 433 g/mol. The van der Waals surface area contributed by atoms with Gasteiger partial charge >= 0.3 is 165 Å². The minimum atomic E-state index is -1.50. The van der Waals surface area contributed by atoms with Crippen molar-refractivity contribution < 1.29 is 29.9 Å². The Hall–Kier alpha value is -1.97. The molecule has 0 radical (unpaired) electrons. The van der Waals surface area contributed by atoms with Crippen LogP contribution in [0.5, 0.6) is 5.75 Å². The summed E-state index contributed by atoms with van der Waals surface area (Å²) in [6.45, 7) is -0.524. The zero-order chi connectivity index (χ0) is 19.8. The Labute approximate surface area is 165 Å². The summed E-state index contributed by atoms with van der Waals surface area (Å²) in [6.07, 6.45) is -6.70. The number of nitrogens with zero attached hydrogens (tertiary/aromatic N) is 1. The number of aliphatic hydroxyl groups is 4. The van der Waals surface area contributed by atoms with Crippen LogP contribution in [0.3, 0.4) is 0 Å². The molecule has 0 bridgehead atoms. The Morgan fingerprint density at radius 3 is 2.39 bits per heavy atom. The van der Waals surface area contributed by atoms with Gasteiger partial charge in [-0.1, -0.05) is 0 Å². The van der Waals surface area contributed by atoms with E-state index in [1.807, 2.05) is 24.3 Å². The normalized spacial score (nSPS) is 27.8. The van der Waals surface area contributed by atoms with Gasteiger partial charge in [-0.3, -0.25) is 0 Å². The van der Waals surface area contributed by atoms with Crippen LogP contribution in [0.4, 0.5) is 0 Å². The van der Waals surface area contributed by atoms with Crippen molar-refractivity contribution in [3.63, 3.8) is 0 Å². The third-order valence-corrected chi connectivity index (χ3v) is 7.00. The van der Waals surface area contributed by atoms with Crippen LogP contribution in [-0.4, -0.2) is 76.0 Å². The average Bonchev–Trinajstić information content (AvgIpc) is 3.06. The zero-order valence-electron chi connectivity index (χ0n) is 14.6. The molecule has 8 nitrogen and oxygen atoms in total. The quantitative estimate of drug-likeness (QED) is 0.384. The molecule has 3 aromatic rings. The SMILES string of the molecule is O=c1c2ccccc2[se]n1-c1ccc(OC2OC(CO)C(O)C(O)C2O)cc1. The van der Waals surface area contributed by atoms with E-state index < -0.39 is 37.3 Å². The monoisotopic (exact) mass is 453 g/mol. The van der Waals surface area contributed by atoms with Gasteiger partial charge in [0.2, 0.25) is 0 Å². The molecule has 1 aromatic heterocycles. The fourth-order valence-corrected chi connectivity index (χ4v) is 5.20. The molecule has 148 valence electrons. The first-order valence-electron chi connectivity index (χ1n) is 8.68. The molecule has 1 fully saturated rings. The third kappa shape index (κ3) is 3.42. The van der Waals surface area contributed by atoms with Crippen LogP contribution in [0.2, 0.25) is 0 Å². The predicted octanol–water partition coefficient (Wildman–Crippen LogP) is -0.774. The Morgan fingerprint density at radius 1 is 1.00 bits per heavy atom. The van der Waals surface area contributed by atoms with Crippen molar-refractivity contribution in [2.45, 2.75) is 30.7 Å². The van der Waals surface area contributed by atoms with Gasteiger partial charge in [0, 0.05) is 0 Å². The number of ether oxygens (including phenoxy) is 2. The molecular formula is C19H19NO7Se. The maximum absolute atomic E-state index is 12.6. The summed E-state index contributed by atoms with van der Waals surface area (Å²) in [5.41, 5.74) is 0.681. The Kier molecular flexibility index (Phi) is 5.39. The zero-order valence-corrected chi connectivity index (χ0v) is 16.3. The number of fused-ring (bicyclic) bond motifs is 1. The van der Waals surface area contributed by atoms with Crippen LogP contribution in [0.25, 0.3) is 15.3 Å². The number of rotatable bonds is 4. The molecule has 9 heteroatoms. The molecule has 1 aliphatic rings. The summed E-state index contributed by atoms with van der Waals surface area (Å²) in [5, 5.41) is 39.6. The van der Waals surface area contributed by atoms with Crippen LogP contribution in [0.15, 0.2) is 53.3 Å². The molecule has 5 unspecified atom stereocenters. The first kappa shape index (κ1) is 19.4. The van der Waals surface area contributed by atoms with E-state index in [1.165, 1.54) is 0 Å². The second-order valence-electron chi connectivity index (χ2n) is 6.50. The van der Waals surface area contributed by atoms with Gasteiger partial charge in [0.15, 0.2) is 0 Å². The van der Waals surface area contributed by atoms with Crippen LogP contribution < -0.4 is 10.3 Å². The van der Waals surface area contributed by atoms with E-state index in [4.69, 9.17) is 9.47 Å². The van der Waals surface area contributed by atoms with E-state index in [2.05, 4.69) is 0 Å². The first-order valence-corrected chi connectivity index (χ1v) is 10.3. The van der Waals surface area contributed by atoms with Gasteiger partial charge < -0.3 is 0 Å². The van der Waals surface area contributed by atoms with Crippen molar-refractivity contribution in [1.82, 2.24) is 3.56 Å². The number of aromatic nitrogens is 1. The summed E-state index contributed by atoms with van der Waals surface area (Å²) in [7, 11) is 0. The van der Waals surface area contributed by atoms with Crippen molar-refractivity contribution in [1.29, 1.82) is 0 Å². The second-order valence-corrected chi connectivity index (χ2v) is 8.57. The minimum absolute atomic E-state index is 0.0433. The van der Waals surface area contributed by atoms with Gasteiger partial charge in [-0.25, -0.2) is 0 Å². The fraction of sp³-hybridized carbons (Fsp3) is 0.316. The maximum atomic E-state index is 12.6. The van der Waals surface area contributed by atoms with Crippen molar-refractivity contribution in [2.75, 3.05) is 6.61 Å². The third-order valence-electron chi connectivity index (χ3n) is 4.66. The number of aliphatic hydroxyl groups excluding tert-OH is 4. The summed E-state index contributed by atoms with van der Waals surface area (Å²) in [5.74, 6) is 0.352. The molecule has 2 aromatic carbocycles. The molecule has 4 rings (SSSR count). The topological polar surface area (TPSA) is 121 Å². The number of benzene rings is 2.